The first-order valence-electron chi connectivity index (χ1n) is 9.26. The van der Waals surface area contributed by atoms with E-state index in [0.717, 1.165) is 30.0 Å². The smallest absolute Gasteiger partial charge is 0.253 e. The van der Waals surface area contributed by atoms with Crippen molar-refractivity contribution in [1.82, 2.24) is 5.32 Å². The molecule has 4 nitrogen and oxygen atoms in total. The van der Waals surface area contributed by atoms with Gasteiger partial charge in [0, 0.05) is 12.0 Å². The fraction of sp³-hybridized carbons (Fsp3) is 0.273. The summed E-state index contributed by atoms with van der Waals surface area (Å²) >= 11 is 1.66. The number of thiophene rings is 1. The Balaban J connectivity index is 1.59. The van der Waals surface area contributed by atoms with E-state index in [1.807, 2.05) is 48.7 Å². The Kier molecular flexibility index (Phi) is 4.94. The average Bonchev–Trinajstić information content (AvgIpc) is 3.39. The molecule has 0 saturated heterocycles. The van der Waals surface area contributed by atoms with Crippen LogP contribution in [0.1, 0.15) is 35.7 Å². The van der Waals surface area contributed by atoms with Gasteiger partial charge in [-0.05, 0) is 71.5 Å². The van der Waals surface area contributed by atoms with Gasteiger partial charge in [-0.1, -0.05) is 24.3 Å². The van der Waals surface area contributed by atoms with Gasteiger partial charge >= 0.3 is 0 Å². The summed E-state index contributed by atoms with van der Waals surface area (Å²) in [5.74, 6) is -0.0647. The fourth-order valence-corrected chi connectivity index (χ4v) is 3.91. The molecule has 0 radical (unpaired) electrons. The van der Waals surface area contributed by atoms with E-state index < -0.39 is 0 Å². The Morgan fingerprint density at radius 2 is 1.89 bits per heavy atom. The Morgan fingerprint density at radius 3 is 2.56 bits per heavy atom. The predicted molar refractivity (Wildman–Crippen MR) is 110 cm³/mol. The second-order valence-electron chi connectivity index (χ2n) is 7.22. The number of carbonyl (C=O) groups excluding carboxylic acids is 2. The molecule has 1 aliphatic carbocycles. The molecule has 1 fully saturated rings. The zero-order valence-corrected chi connectivity index (χ0v) is 16.0. The molecule has 1 heterocycles. The van der Waals surface area contributed by atoms with Crippen LogP contribution in [0.5, 0.6) is 0 Å². The second-order valence-corrected chi connectivity index (χ2v) is 8.00. The summed E-state index contributed by atoms with van der Waals surface area (Å²) in [6.07, 6.45) is 2.64. The van der Waals surface area contributed by atoms with Crippen LogP contribution < -0.4 is 10.6 Å². The maximum Gasteiger partial charge on any atom is 0.253 e. The molecule has 1 unspecified atom stereocenters. The van der Waals surface area contributed by atoms with Crippen molar-refractivity contribution in [3.05, 3.63) is 64.4 Å². The molecule has 0 spiro atoms. The predicted octanol–water partition coefficient (Wildman–Crippen LogP) is 4.61. The van der Waals surface area contributed by atoms with Crippen LogP contribution in [0, 0.1) is 5.92 Å². The summed E-state index contributed by atoms with van der Waals surface area (Å²) in [5.41, 5.74) is 2.32. The molecule has 2 N–H and O–H groups in total. The van der Waals surface area contributed by atoms with Crippen LogP contribution in [-0.2, 0) is 11.2 Å². The highest BCUT2D eigenvalue weighted by molar-refractivity contribution is 7.07. The van der Waals surface area contributed by atoms with E-state index in [2.05, 4.69) is 22.1 Å². The quantitative estimate of drug-likeness (QED) is 0.658. The molecule has 138 valence electrons. The average molecular weight is 378 g/mol. The highest BCUT2D eigenvalue weighted by Gasteiger charge is 2.30. The van der Waals surface area contributed by atoms with Crippen LogP contribution in [0.25, 0.3) is 10.8 Å². The van der Waals surface area contributed by atoms with Crippen molar-refractivity contribution in [2.45, 2.75) is 32.2 Å². The van der Waals surface area contributed by atoms with Gasteiger partial charge in [0.25, 0.3) is 5.91 Å². The number of carbonyl (C=O) groups is 2. The first-order chi connectivity index (χ1) is 13.1. The van der Waals surface area contributed by atoms with Crippen LogP contribution in [0.3, 0.4) is 0 Å². The first kappa shape index (κ1) is 17.7. The molecule has 2 aromatic carbocycles. The molecule has 27 heavy (non-hydrogen) atoms. The van der Waals surface area contributed by atoms with Crippen LogP contribution in [0.15, 0.2) is 53.2 Å². The molecule has 1 aromatic heterocycles. The number of benzene rings is 2. The monoisotopic (exact) mass is 378 g/mol. The number of rotatable bonds is 6. The molecule has 0 bridgehead atoms. The second kappa shape index (κ2) is 7.53. The molecule has 1 aliphatic rings. The lowest BCUT2D eigenvalue weighted by molar-refractivity contribution is -0.117. The number of nitrogens with one attached hydrogen (secondary N) is 2. The van der Waals surface area contributed by atoms with Crippen LogP contribution in [-0.4, -0.2) is 17.9 Å². The third-order valence-corrected chi connectivity index (χ3v) is 5.57. The van der Waals surface area contributed by atoms with Gasteiger partial charge in [0.15, 0.2) is 0 Å². The summed E-state index contributed by atoms with van der Waals surface area (Å²) in [7, 11) is 0. The van der Waals surface area contributed by atoms with Crippen molar-refractivity contribution >= 4 is 39.6 Å². The summed E-state index contributed by atoms with van der Waals surface area (Å²) in [6.45, 7) is 2.00. The van der Waals surface area contributed by atoms with E-state index >= 15 is 0 Å². The number of fused-ring (bicyclic) bond motifs is 1. The standard InChI is InChI=1S/C22H22N2O2S/c1-14(10-15-8-9-27-13-15)23-22(26)19-11-17-4-2-3-5-18(17)12-20(19)24-21(25)16-6-7-16/h2-5,8-9,11-14,16H,6-7,10H2,1H3,(H,23,26)(H,24,25). The Bertz CT molecular complexity index is 977. The minimum Gasteiger partial charge on any atom is -0.349 e. The molecule has 4 rings (SSSR count). The van der Waals surface area contributed by atoms with Crippen molar-refractivity contribution < 1.29 is 9.59 Å². The van der Waals surface area contributed by atoms with E-state index in [1.54, 1.807) is 11.3 Å². The summed E-state index contributed by atoms with van der Waals surface area (Å²) < 4.78 is 0. The Morgan fingerprint density at radius 1 is 1.15 bits per heavy atom. The highest BCUT2D eigenvalue weighted by atomic mass is 32.1. The van der Waals surface area contributed by atoms with E-state index in [0.29, 0.717) is 11.3 Å². The maximum atomic E-state index is 13.0. The van der Waals surface area contributed by atoms with Gasteiger partial charge in [0.1, 0.15) is 0 Å². The Hall–Kier alpha value is -2.66. The molecule has 1 atom stereocenters. The molecular weight excluding hydrogens is 356 g/mol. The van der Waals surface area contributed by atoms with E-state index in [9.17, 15) is 9.59 Å². The minimum atomic E-state index is -0.158. The van der Waals surface area contributed by atoms with Crippen LogP contribution in [0.4, 0.5) is 5.69 Å². The van der Waals surface area contributed by atoms with Gasteiger partial charge in [0.05, 0.1) is 11.3 Å². The van der Waals surface area contributed by atoms with Crippen LogP contribution in [0.2, 0.25) is 0 Å². The topological polar surface area (TPSA) is 58.2 Å². The minimum absolute atomic E-state index is 0.00514. The number of amides is 2. The van der Waals surface area contributed by atoms with Gasteiger partial charge < -0.3 is 10.6 Å². The lowest BCUT2D eigenvalue weighted by atomic mass is 10.0. The number of hydrogen-bond donors (Lipinski definition) is 2. The zero-order valence-electron chi connectivity index (χ0n) is 15.2. The molecule has 5 heteroatoms. The lowest BCUT2D eigenvalue weighted by Gasteiger charge is -2.17. The van der Waals surface area contributed by atoms with Crippen molar-refractivity contribution in [2.24, 2.45) is 5.92 Å². The van der Waals surface area contributed by atoms with Crippen LogP contribution >= 0.6 is 11.3 Å². The summed E-state index contributed by atoms with van der Waals surface area (Å²) in [4.78, 5) is 25.2. The first-order valence-corrected chi connectivity index (χ1v) is 10.2. The fourth-order valence-electron chi connectivity index (χ4n) is 3.23. The molecule has 2 amide bonds. The van der Waals surface area contributed by atoms with Gasteiger partial charge in [0.2, 0.25) is 5.91 Å². The molecule has 0 aliphatic heterocycles. The van der Waals surface area contributed by atoms with Crippen molar-refractivity contribution in [1.29, 1.82) is 0 Å². The Labute approximate surface area is 162 Å². The lowest BCUT2D eigenvalue weighted by Crippen LogP contribution is -2.34. The molecule has 3 aromatic rings. The number of anilines is 1. The van der Waals surface area contributed by atoms with Gasteiger partial charge in [-0.25, -0.2) is 0 Å². The van der Waals surface area contributed by atoms with Crippen molar-refractivity contribution in [2.75, 3.05) is 5.32 Å². The molecular formula is C22H22N2O2S. The van der Waals surface area contributed by atoms with E-state index in [1.165, 1.54) is 5.56 Å². The largest absolute Gasteiger partial charge is 0.349 e. The van der Waals surface area contributed by atoms with Crippen molar-refractivity contribution in [3.63, 3.8) is 0 Å². The van der Waals surface area contributed by atoms with Gasteiger partial charge in [-0.2, -0.15) is 11.3 Å². The van der Waals surface area contributed by atoms with Crippen molar-refractivity contribution in [3.8, 4) is 0 Å². The maximum absolute atomic E-state index is 13.0. The van der Waals surface area contributed by atoms with E-state index in [4.69, 9.17) is 0 Å². The highest BCUT2D eigenvalue weighted by Crippen LogP contribution is 2.32. The zero-order chi connectivity index (χ0) is 18.8. The SMILES string of the molecule is CC(Cc1ccsc1)NC(=O)c1cc2ccccc2cc1NC(=O)C1CC1. The summed E-state index contributed by atoms with van der Waals surface area (Å²) in [6, 6.07) is 13.7. The van der Waals surface area contributed by atoms with E-state index in [-0.39, 0.29) is 23.8 Å². The third-order valence-electron chi connectivity index (χ3n) is 4.84. The summed E-state index contributed by atoms with van der Waals surface area (Å²) in [5, 5.41) is 12.2. The number of hydrogen-bond acceptors (Lipinski definition) is 3. The van der Waals surface area contributed by atoms with Gasteiger partial charge in [-0.15, -0.1) is 0 Å². The third kappa shape index (κ3) is 4.19. The van der Waals surface area contributed by atoms with Gasteiger partial charge in [-0.3, -0.25) is 9.59 Å². The molecule has 1 saturated carbocycles. The normalized spacial score (nSPS) is 14.7.